The molecule has 0 unspecified atom stereocenters. The van der Waals surface area contributed by atoms with E-state index in [4.69, 9.17) is 4.74 Å². The van der Waals surface area contributed by atoms with Crippen molar-refractivity contribution in [1.29, 1.82) is 0 Å². The highest BCUT2D eigenvalue weighted by atomic mass is 16.6. The molecule has 1 aromatic rings. The summed E-state index contributed by atoms with van der Waals surface area (Å²) in [7, 11) is 0. The minimum absolute atomic E-state index is 0.131. The molecule has 9 heteroatoms. The van der Waals surface area contributed by atoms with Gasteiger partial charge in [-0.3, -0.25) is 14.5 Å². The Morgan fingerprint density at radius 3 is 2.27 bits per heavy atom. The maximum Gasteiger partial charge on any atom is 0.410 e. The van der Waals surface area contributed by atoms with Crippen LogP contribution in [0.5, 0.6) is 0 Å². The number of hydrogen-bond acceptors (Lipinski definition) is 5. The van der Waals surface area contributed by atoms with E-state index in [0.717, 1.165) is 12.0 Å². The summed E-state index contributed by atoms with van der Waals surface area (Å²) in [6, 6.07) is 7.81. The van der Waals surface area contributed by atoms with Gasteiger partial charge in [0.15, 0.2) is 0 Å². The molecular weight excluding hydrogens is 474 g/mol. The minimum atomic E-state index is -1.05. The Morgan fingerprint density at radius 1 is 1.11 bits per heavy atom. The number of carboxylic acid groups (broad SMARTS) is 1. The number of aliphatic carboxylic acids is 1. The third-order valence-corrected chi connectivity index (χ3v) is 7.62. The number of ether oxygens (including phenoxy) is 1. The van der Waals surface area contributed by atoms with Crippen molar-refractivity contribution in [3.05, 3.63) is 35.9 Å². The van der Waals surface area contributed by atoms with E-state index in [1.165, 1.54) is 4.90 Å². The molecule has 3 rings (SSSR count). The van der Waals surface area contributed by atoms with Crippen LogP contribution in [0.2, 0.25) is 0 Å². The number of carbonyl (C=O) groups is 4. The molecule has 2 saturated heterocycles. The number of benzene rings is 1. The molecule has 0 aromatic heterocycles. The van der Waals surface area contributed by atoms with E-state index in [0.29, 0.717) is 45.3 Å². The van der Waals surface area contributed by atoms with Crippen LogP contribution in [-0.2, 0) is 24.5 Å². The predicted molar refractivity (Wildman–Crippen MR) is 139 cm³/mol. The zero-order valence-electron chi connectivity index (χ0n) is 22.7. The van der Waals surface area contributed by atoms with E-state index in [9.17, 15) is 24.3 Å². The number of hydrogen-bond donors (Lipinski definition) is 2. The first kappa shape index (κ1) is 28.5. The molecule has 0 aliphatic carbocycles. The quantitative estimate of drug-likeness (QED) is 0.574. The van der Waals surface area contributed by atoms with E-state index < -0.39 is 35.2 Å². The van der Waals surface area contributed by atoms with Crippen molar-refractivity contribution in [2.45, 2.75) is 89.8 Å². The third-order valence-electron chi connectivity index (χ3n) is 7.62. The summed E-state index contributed by atoms with van der Waals surface area (Å²) >= 11 is 0. The molecule has 3 atom stereocenters. The molecule has 2 aliphatic rings. The molecule has 2 heterocycles. The average molecular weight is 516 g/mol. The van der Waals surface area contributed by atoms with E-state index in [1.54, 1.807) is 25.7 Å². The molecule has 204 valence electrons. The van der Waals surface area contributed by atoms with Crippen molar-refractivity contribution >= 4 is 23.9 Å². The van der Waals surface area contributed by atoms with E-state index in [-0.39, 0.29) is 17.7 Å². The molecule has 9 nitrogen and oxygen atoms in total. The fourth-order valence-corrected chi connectivity index (χ4v) is 5.25. The molecule has 2 N–H and O–H groups in total. The first-order valence-electron chi connectivity index (χ1n) is 13.3. The van der Waals surface area contributed by atoms with Gasteiger partial charge in [-0.2, -0.15) is 0 Å². The zero-order valence-corrected chi connectivity index (χ0v) is 22.7. The van der Waals surface area contributed by atoms with Gasteiger partial charge in [0.25, 0.3) is 0 Å². The van der Waals surface area contributed by atoms with Crippen LogP contribution in [0.15, 0.2) is 30.3 Å². The fraction of sp³-hybridized carbons (Fsp3) is 0.643. The monoisotopic (exact) mass is 515 g/mol. The summed E-state index contributed by atoms with van der Waals surface area (Å²) in [5, 5.41) is 12.6. The Hall–Kier alpha value is -3.10. The van der Waals surface area contributed by atoms with Gasteiger partial charge in [0.1, 0.15) is 17.7 Å². The van der Waals surface area contributed by atoms with Crippen LogP contribution in [0.4, 0.5) is 4.79 Å². The predicted octanol–water partition coefficient (Wildman–Crippen LogP) is 3.56. The Labute approximate surface area is 219 Å². The molecule has 0 saturated carbocycles. The maximum absolute atomic E-state index is 13.7. The fourth-order valence-electron chi connectivity index (χ4n) is 5.25. The summed E-state index contributed by atoms with van der Waals surface area (Å²) in [6.45, 7) is 10.2. The number of piperidine rings is 1. The number of carbonyl (C=O) groups excluding carboxylic acids is 3. The lowest BCUT2D eigenvalue weighted by atomic mass is 9.71. The topological polar surface area (TPSA) is 116 Å². The van der Waals surface area contributed by atoms with Gasteiger partial charge >= 0.3 is 12.1 Å². The molecule has 0 bridgehead atoms. The van der Waals surface area contributed by atoms with Gasteiger partial charge in [0.05, 0.1) is 5.41 Å². The van der Waals surface area contributed by atoms with Crippen LogP contribution in [0, 0.1) is 5.92 Å². The lowest BCUT2D eigenvalue weighted by Gasteiger charge is -2.43. The first-order valence-corrected chi connectivity index (χ1v) is 13.3. The second-order valence-electron chi connectivity index (χ2n) is 11.3. The summed E-state index contributed by atoms with van der Waals surface area (Å²) in [5.41, 5.74) is -0.784. The number of nitrogens with one attached hydrogen (secondary N) is 1. The van der Waals surface area contributed by atoms with Crippen LogP contribution in [0.1, 0.15) is 72.3 Å². The van der Waals surface area contributed by atoms with Crippen molar-refractivity contribution in [2.75, 3.05) is 19.6 Å². The summed E-state index contributed by atoms with van der Waals surface area (Å²) in [5.74, 6) is -1.73. The second kappa shape index (κ2) is 11.5. The Bertz CT molecular complexity index is 981. The standard InChI is InChI=1S/C28H41N3O6/c1-6-19(2)22(24(33)34)29-25(35)28(20-11-8-7-9-12-20)14-17-30(18-15-28)23(32)21-13-10-16-31(21)26(36)37-27(3,4)5/h7-9,11-12,19,21-22H,6,10,13-18H2,1-5H3,(H,29,35)(H,33,34)/t19-,21+,22+/m1/s1. The molecule has 2 aliphatic heterocycles. The van der Waals surface area contributed by atoms with Gasteiger partial charge in [0.2, 0.25) is 11.8 Å². The Morgan fingerprint density at radius 2 is 1.73 bits per heavy atom. The van der Waals surface area contributed by atoms with Gasteiger partial charge < -0.3 is 20.1 Å². The molecule has 3 amide bonds. The van der Waals surface area contributed by atoms with Crippen molar-refractivity contribution in [3.63, 3.8) is 0 Å². The average Bonchev–Trinajstić information content (AvgIpc) is 3.36. The van der Waals surface area contributed by atoms with E-state index in [1.807, 2.05) is 44.2 Å². The number of nitrogens with zero attached hydrogens (tertiary/aromatic N) is 2. The highest BCUT2D eigenvalue weighted by Gasteiger charge is 2.47. The molecule has 0 radical (unpaired) electrons. The second-order valence-corrected chi connectivity index (χ2v) is 11.3. The minimum Gasteiger partial charge on any atom is -0.480 e. The van der Waals surface area contributed by atoms with Crippen LogP contribution >= 0.6 is 0 Å². The van der Waals surface area contributed by atoms with Crippen molar-refractivity contribution in [1.82, 2.24) is 15.1 Å². The number of likely N-dealkylation sites (tertiary alicyclic amines) is 2. The normalized spacial score (nSPS) is 21.2. The molecule has 0 spiro atoms. The number of rotatable bonds is 7. The van der Waals surface area contributed by atoms with Crippen LogP contribution < -0.4 is 5.32 Å². The van der Waals surface area contributed by atoms with Gasteiger partial charge in [-0.1, -0.05) is 50.6 Å². The van der Waals surface area contributed by atoms with Crippen LogP contribution in [0.25, 0.3) is 0 Å². The lowest BCUT2D eigenvalue weighted by Crippen LogP contribution is -2.58. The van der Waals surface area contributed by atoms with Crippen LogP contribution in [-0.4, -0.2) is 76.1 Å². The van der Waals surface area contributed by atoms with Gasteiger partial charge in [-0.15, -0.1) is 0 Å². The van der Waals surface area contributed by atoms with Gasteiger partial charge in [-0.05, 0) is 57.9 Å². The van der Waals surface area contributed by atoms with Gasteiger partial charge in [0, 0.05) is 19.6 Å². The van der Waals surface area contributed by atoms with Gasteiger partial charge in [-0.25, -0.2) is 9.59 Å². The largest absolute Gasteiger partial charge is 0.480 e. The highest BCUT2D eigenvalue weighted by molar-refractivity contribution is 5.92. The maximum atomic E-state index is 13.7. The number of amides is 3. The van der Waals surface area contributed by atoms with E-state index >= 15 is 0 Å². The Kier molecular flexibility index (Phi) is 8.87. The summed E-state index contributed by atoms with van der Waals surface area (Å²) in [4.78, 5) is 55.1. The summed E-state index contributed by atoms with van der Waals surface area (Å²) in [6.07, 6.45) is 2.16. The van der Waals surface area contributed by atoms with Crippen LogP contribution in [0.3, 0.4) is 0 Å². The first-order chi connectivity index (χ1) is 17.4. The molecule has 1 aromatic carbocycles. The highest BCUT2D eigenvalue weighted by Crippen LogP contribution is 2.37. The molecule has 37 heavy (non-hydrogen) atoms. The van der Waals surface area contributed by atoms with Crippen molar-refractivity contribution in [3.8, 4) is 0 Å². The molecular formula is C28H41N3O6. The zero-order chi connectivity index (χ0) is 27.4. The summed E-state index contributed by atoms with van der Waals surface area (Å²) < 4.78 is 5.51. The third kappa shape index (κ3) is 6.43. The van der Waals surface area contributed by atoms with Crippen molar-refractivity contribution in [2.24, 2.45) is 5.92 Å². The van der Waals surface area contributed by atoms with Crippen molar-refractivity contribution < 1.29 is 29.0 Å². The Balaban J connectivity index is 1.78. The molecule has 2 fully saturated rings. The smallest absolute Gasteiger partial charge is 0.410 e. The lowest BCUT2D eigenvalue weighted by molar-refractivity contribution is -0.145. The number of carboxylic acids is 1. The SMILES string of the molecule is CC[C@@H](C)[C@H](NC(=O)C1(c2ccccc2)CCN(C(=O)[C@@H]2CCCN2C(=O)OC(C)(C)C)CC1)C(=O)O. The van der Waals surface area contributed by atoms with E-state index in [2.05, 4.69) is 5.32 Å².